The maximum Gasteiger partial charge on any atom is 0.152 e. The Morgan fingerprint density at radius 3 is 2.71 bits per heavy atom. The van der Waals surface area contributed by atoms with Crippen molar-refractivity contribution >= 4 is 11.3 Å². The molecule has 0 bridgehead atoms. The first-order valence-electron chi connectivity index (χ1n) is 6.89. The highest BCUT2D eigenvalue weighted by atomic mass is 16.5. The molecule has 3 aromatic rings. The summed E-state index contributed by atoms with van der Waals surface area (Å²) in [5.74, 6) is 1.69. The molecule has 2 heterocycles. The predicted octanol–water partition coefficient (Wildman–Crippen LogP) is 3.22. The van der Waals surface area contributed by atoms with Gasteiger partial charge in [0.2, 0.25) is 0 Å². The number of aryl methyl sites for hydroxylation is 1. The maximum absolute atomic E-state index is 5.18. The second-order valence-corrected chi connectivity index (χ2v) is 5.03. The average molecular weight is 282 g/mol. The van der Waals surface area contributed by atoms with E-state index < -0.39 is 0 Å². The number of rotatable bonds is 4. The van der Waals surface area contributed by atoms with Crippen LogP contribution in [0.2, 0.25) is 0 Å². The van der Waals surface area contributed by atoms with Gasteiger partial charge in [0, 0.05) is 12.4 Å². The minimum atomic E-state index is 0.143. The maximum atomic E-state index is 5.18. The predicted molar refractivity (Wildman–Crippen MR) is 82.8 cm³/mol. The Kier molecular flexibility index (Phi) is 3.48. The molecule has 2 aromatic heterocycles. The lowest BCUT2D eigenvalue weighted by molar-refractivity contribution is 0.414. The van der Waals surface area contributed by atoms with Gasteiger partial charge in [-0.15, -0.1) is 0 Å². The van der Waals surface area contributed by atoms with Gasteiger partial charge in [0.05, 0.1) is 18.8 Å². The van der Waals surface area contributed by atoms with Crippen LogP contribution in [0.3, 0.4) is 0 Å². The van der Waals surface area contributed by atoms with Crippen molar-refractivity contribution < 1.29 is 4.74 Å². The number of nitrogens with one attached hydrogen (secondary N) is 1. The summed E-state index contributed by atoms with van der Waals surface area (Å²) in [6.45, 7) is 4.08. The molecule has 0 aliphatic carbocycles. The molecular weight excluding hydrogens is 264 g/mol. The molecule has 1 unspecified atom stereocenters. The molecule has 1 N–H and O–H groups in total. The first-order chi connectivity index (χ1) is 10.2. The molecule has 0 saturated heterocycles. The third-order valence-electron chi connectivity index (χ3n) is 3.48. The van der Waals surface area contributed by atoms with E-state index in [0.717, 1.165) is 22.8 Å². The van der Waals surface area contributed by atoms with Gasteiger partial charge in [0.25, 0.3) is 0 Å². The number of nitrogens with zero attached hydrogens (tertiary/aromatic N) is 3. The van der Waals surface area contributed by atoms with Gasteiger partial charge in [-0.05, 0) is 37.6 Å². The Bertz CT molecular complexity index is 749. The van der Waals surface area contributed by atoms with Crippen molar-refractivity contribution in [3.8, 4) is 5.75 Å². The van der Waals surface area contributed by atoms with Crippen LogP contribution in [-0.2, 0) is 0 Å². The summed E-state index contributed by atoms with van der Waals surface area (Å²) < 4.78 is 7.02. The minimum Gasteiger partial charge on any atom is -0.497 e. The largest absolute Gasteiger partial charge is 0.497 e. The third-order valence-corrected chi connectivity index (χ3v) is 3.48. The van der Waals surface area contributed by atoms with Crippen LogP contribution in [0, 0.1) is 6.92 Å². The first kappa shape index (κ1) is 13.4. The summed E-state index contributed by atoms with van der Waals surface area (Å²) in [6.07, 6.45) is 3.61. The molecular formula is C16H18N4O. The van der Waals surface area contributed by atoms with Crippen molar-refractivity contribution in [3.05, 3.63) is 54.0 Å². The van der Waals surface area contributed by atoms with Crippen LogP contribution >= 0.6 is 0 Å². The lowest BCUT2D eigenvalue weighted by Gasteiger charge is -2.15. The number of methoxy groups -OCH3 is 1. The first-order valence-corrected chi connectivity index (χ1v) is 6.89. The molecule has 1 atom stereocenters. The Hall–Kier alpha value is -2.56. The van der Waals surface area contributed by atoms with Gasteiger partial charge in [-0.2, -0.15) is 5.10 Å². The zero-order valence-electron chi connectivity index (χ0n) is 12.4. The lowest BCUT2D eigenvalue weighted by Crippen LogP contribution is -2.09. The van der Waals surface area contributed by atoms with Crippen LogP contribution in [0.25, 0.3) is 5.52 Å². The summed E-state index contributed by atoms with van der Waals surface area (Å²) >= 11 is 0. The molecule has 108 valence electrons. The summed E-state index contributed by atoms with van der Waals surface area (Å²) in [6, 6.07) is 10.2. The van der Waals surface area contributed by atoms with Crippen LogP contribution < -0.4 is 10.1 Å². The standard InChI is InChI=1S/C16H18N4O/c1-11-10-15-16(17-8-9-20(15)19-11)18-12(2)13-4-6-14(21-3)7-5-13/h4-10,12H,1-3H3,(H,17,18). The van der Waals surface area contributed by atoms with Gasteiger partial charge in [-0.3, -0.25) is 0 Å². The molecule has 0 spiro atoms. The van der Waals surface area contributed by atoms with Crippen LogP contribution in [-0.4, -0.2) is 21.7 Å². The highest BCUT2D eigenvalue weighted by Gasteiger charge is 2.10. The monoisotopic (exact) mass is 282 g/mol. The molecule has 0 aliphatic heterocycles. The normalized spacial score (nSPS) is 12.3. The second-order valence-electron chi connectivity index (χ2n) is 5.03. The third kappa shape index (κ3) is 2.67. The van der Waals surface area contributed by atoms with E-state index in [1.165, 1.54) is 5.56 Å². The summed E-state index contributed by atoms with van der Waals surface area (Å²) in [5, 5.41) is 7.84. The van der Waals surface area contributed by atoms with Gasteiger partial charge in [0.15, 0.2) is 5.82 Å². The summed E-state index contributed by atoms with van der Waals surface area (Å²) in [4.78, 5) is 4.42. The van der Waals surface area contributed by atoms with Crippen LogP contribution in [0.1, 0.15) is 24.2 Å². The molecule has 0 aliphatic rings. The van der Waals surface area contributed by atoms with Gasteiger partial charge < -0.3 is 10.1 Å². The van der Waals surface area contributed by atoms with Crippen molar-refractivity contribution in [1.29, 1.82) is 0 Å². The average Bonchev–Trinajstić information content (AvgIpc) is 2.88. The topological polar surface area (TPSA) is 51.5 Å². The van der Waals surface area contributed by atoms with E-state index in [1.54, 1.807) is 13.3 Å². The van der Waals surface area contributed by atoms with E-state index in [-0.39, 0.29) is 6.04 Å². The smallest absolute Gasteiger partial charge is 0.152 e. The van der Waals surface area contributed by atoms with Crippen molar-refractivity contribution in [2.24, 2.45) is 0 Å². The van der Waals surface area contributed by atoms with Crippen molar-refractivity contribution in [2.45, 2.75) is 19.9 Å². The Morgan fingerprint density at radius 2 is 2.00 bits per heavy atom. The molecule has 21 heavy (non-hydrogen) atoms. The number of fused-ring (bicyclic) bond motifs is 1. The molecule has 3 rings (SSSR count). The van der Waals surface area contributed by atoms with E-state index in [9.17, 15) is 0 Å². The number of anilines is 1. The van der Waals surface area contributed by atoms with Crippen LogP contribution in [0.4, 0.5) is 5.82 Å². The fourth-order valence-corrected chi connectivity index (χ4v) is 2.34. The molecule has 5 heteroatoms. The van der Waals surface area contributed by atoms with Crippen LogP contribution in [0.15, 0.2) is 42.7 Å². The van der Waals surface area contributed by atoms with Gasteiger partial charge >= 0.3 is 0 Å². The van der Waals surface area contributed by atoms with Crippen molar-refractivity contribution in [3.63, 3.8) is 0 Å². The number of benzene rings is 1. The molecule has 5 nitrogen and oxygen atoms in total. The SMILES string of the molecule is COc1ccc(C(C)Nc2nccn3nc(C)cc23)cc1. The lowest BCUT2D eigenvalue weighted by atomic mass is 10.1. The van der Waals surface area contributed by atoms with Gasteiger partial charge in [-0.25, -0.2) is 9.50 Å². The number of ether oxygens (including phenoxy) is 1. The number of hydrogen-bond donors (Lipinski definition) is 1. The summed E-state index contributed by atoms with van der Waals surface area (Å²) in [7, 11) is 1.67. The Morgan fingerprint density at radius 1 is 1.24 bits per heavy atom. The number of aromatic nitrogens is 3. The summed E-state index contributed by atoms with van der Waals surface area (Å²) in [5.41, 5.74) is 3.13. The number of hydrogen-bond acceptors (Lipinski definition) is 4. The van der Waals surface area contributed by atoms with E-state index in [2.05, 4.69) is 34.5 Å². The van der Waals surface area contributed by atoms with Gasteiger partial charge in [0.1, 0.15) is 11.3 Å². The van der Waals surface area contributed by atoms with Crippen LogP contribution in [0.5, 0.6) is 5.75 Å². The zero-order valence-corrected chi connectivity index (χ0v) is 12.4. The minimum absolute atomic E-state index is 0.143. The van der Waals surface area contributed by atoms with Gasteiger partial charge in [-0.1, -0.05) is 12.1 Å². The fraction of sp³-hybridized carbons (Fsp3) is 0.250. The van der Waals surface area contributed by atoms with Crippen molar-refractivity contribution in [1.82, 2.24) is 14.6 Å². The van der Waals surface area contributed by atoms with E-state index >= 15 is 0 Å². The quantitative estimate of drug-likeness (QED) is 0.798. The fourth-order valence-electron chi connectivity index (χ4n) is 2.34. The second kappa shape index (κ2) is 5.44. The Balaban J connectivity index is 1.86. The molecule has 1 aromatic carbocycles. The van der Waals surface area contributed by atoms with E-state index in [1.807, 2.05) is 35.8 Å². The Labute approximate surface area is 123 Å². The molecule has 0 radical (unpaired) electrons. The van der Waals surface area contributed by atoms with E-state index in [4.69, 9.17) is 4.74 Å². The highest BCUT2D eigenvalue weighted by Crippen LogP contribution is 2.23. The van der Waals surface area contributed by atoms with E-state index in [0.29, 0.717) is 0 Å². The molecule has 0 saturated carbocycles. The molecule has 0 fully saturated rings. The zero-order chi connectivity index (χ0) is 14.8. The highest BCUT2D eigenvalue weighted by molar-refractivity contribution is 5.68. The molecule has 0 amide bonds. The van der Waals surface area contributed by atoms with Crippen molar-refractivity contribution in [2.75, 3.05) is 12.4 Å².